The molecule has 0 saturated carbocycles. The highest BCUT2D eigenvalue weighted by atomic mass is 16.5. The third-order valence-corrected chi connectivity index (χ3v) is 5.13. The Morgan fingerprint density at radius 3 is 2.74 bits per heavy atom. The third kappa shape index (κ3) is 5.07. The Hall–Kier alpha value is -2.40. The lowest BCUT2D eigenvalue weighted by atomic mass is 9.98. The smallest absolute Gasteiger partial charge is 0.255 e. The minimum atomic E-state index is 0.0703. The molecule has 2 aromatic rings. The van der Waals surface area contributed by atoms with E-state index in [0.717, 1.165) is 44.8 Å². The lowest BCUT2D eigenvalue weighted by Gasteiger charge is -2.32. The van der Waals surface area contributed by atoms with E-state index in [4.69, 9.17) is 4.74 Å². The quantitative estimate of drug-likeness (QED) is 0.750. The standard InChI is InChI=1S/C22H29N3O2/c1-3-24(15-18-8-5-4-6-9-18)21-12-11-20(14-23-21)22(26)25-13-7-10-19(16-25)17-27-2/h4-6,8-9,11-12,14,19H,3,7,10,13,15-17H2,1-2H3/t19-/m0/s1. The van der Waals surface area contributed by atoms with Crippen LogP contribution in [0, 0.1) is 5.92 Å². The molecule has 144 valence electrons. The summed E-state index contributed by atoms with van der Waals surface area (Å²) in [5, 5.41) is 0. The van der Waals surface area contributed by atoms with Gasteiger partial charge in [-0.05, 0) is 43.4 Å². The topological polar surface area (TPSA) is 45.7 Å². The Morgan fingerprint density at radius 2 is 2.07 bits per heavy atom. The first-order valence-electron chi connectivity index (χ1n) is 9.74. The molecule has 1 amide bonds. The van der Waals surface area contributed by atoms with Crippen LogP contribution in [0.25, 0.3) is 0 Å². The number of pyridine rings is 1. The van der Waals surface area contributed by atoms with E-state index in [9.17, 15) is 4.79 Å². The Morgan fingerprint density at radius 1 is 1.26 bits per heavy atom. The first-order chi connectivity index (χ1) is 13.2. The van der Waals surface area contributed by atoms with Crippen LogP contribution in [0.2, 0.25) is 0 Å². The van der Waals surface area contributed by atoms with E-state index in [1.54, 1.807) is 13.3 Å². The van der Waals surface area contributed by atoms with Crippen molar-refractivity contribution in [2.75, 3.05) is 38.3 Å². The summed E-state index contributed by atoms with van der Waals surface area (Å²) in [4.78, 5) is 21.5. The summed E-state index contributed by atoms with van der Waals surface area (Å²) in [5.74, 6) is 1.40. The molecule has 3 rings (SSSR count). The number of likely N-dealkylation sites (tertiary alicyclic amines) is 1. The number of amides is 1. The number of ether oxygens (including phenoxy) is 1. The van der Waals surface area contributed by atoms with Gasteiger partial charge in [-0.3, -0.25) is 4.79 Å². The van der Waals surface area contributed by atoms with Crippen LogP contribution in [0.1, 0.15) is 35.7 Å². The van der Waals surface area contributed by atoms with E-state index in [1.807, 2.05) is 35.2 Å². The molecule has 5 heteroatoms. The van der Waals surface area contributed by atoms with E-state index in [-0.39, 0.29) is 5.91 Å². The van der Waals surface area contributed by atoms with Gasteiger partial charge in [-0.15, -0.1) is 0 Å². The maximum atomic E-state index is 12.8. The Kier molecular flexibility index (Phi) is 6.82. The zero-order valence-corrected chi connectivity index (χ0v) is 16.3. The summed E-state index contributed by atoms with van der Waals surface area (Å²) in [5.41, 5.74) is 1.91. The summed E-state index contributed by atoms with van der Waals surface area (Å²) in [6, 6.07) is 14.2. The highest BCUT2D eigenvalue weighted by Crippen LogP contribution is 2.20. The van der Waals surface area contributed by atoms with E-state index in [2.05, 4.69) is 28.9 Å². The van der Waals surface area contributed by atoms with Gasteiger partial charge in [0, 0.05) is 39.5 Å². The highest BCUT2D eigenvalue weighted by molar-refractivity contribution is 5.94. The van der Waals surface area contributed by atoms with Gasteiger partial charge in [0.2, 0.25) is 0 Å². The van der Waals surface area contributed by atoms with E-state index in [0.29, 0.717) is 18.1 Å². The second-order valence-corrected chi connectivity index (χ2v) is 7.12. The maximum absolute atomic E-state index is 12.8. The van der Waals surface area contributed by atoms with Gasteiger partial charge in [0.05, 0.1) is 12.2 Å². The summed E-state index contributed by atoms with van der Waals surface area (Å²) in [6.07, 6.45) is 3.87. The van der Waals surface area contributed by atoms with Crippen LogP contribution >= 0.6 is 0 Å². The van der Waals surface area contributed by atoms with Crippen LogP contribution in [-0.4, -0.2) is 49.1 Å². The molecule has 1 aliphatic rings. The van der Waals surface area contributed by atoms with Crippen molar-refractivity contribution in [2.45, 2.75) is 26.3 Å². The first kappa shape index (κ1) is 19.4. The summed E-state index contributed by atoms with van der Waals surface area (Å²) >= 11 is 0. The predicted molar refractivity (Wildman–Crippen MR) is 108 cm³/mol. The SMILES string of the molecule is CCN(Cc1ccccc1)c1ccc(C(=O)N2CCC[C@H](COC)C2)cn1. The molecular formula is C22H29N3O2. The Labute approximate surface area is 162 Å². The normalized spacial score (nSPS) is 17.0. The van der Waals surface area contributed by atoms with Gasteiger partial charge in [-0.2, -0.15) is 0 Å². The molecule has 1 aliphatic heterocycles. The average molecular weight is 367 g/mol. The van der Waals surface area contributed by atoms with Gasteiger partial charge >= 0.3 is 0 Å². The van der Waals surface area contributed by atoms with Crippen LogP contribution in [0.4, 0.5) is 5.82 Å². The Bertz CT molecular complexity index is 716. The van der Waals surface area contributed by atoms with E-state index >= 15 is 0 Å². The molecule has 0 N–H and O–H groups in total. The van der Waals surface area contributed by atoms with Crippen molar-refractivity contribution in [2.24, 2.45) is 5.92 Å². The number of anilines is 1. The second kappa shape index (κ2) is 9.51. The first-order valence-corrected chi connectivity index (χ1v) is 9.74. The molecule has 1 aromatic heterocycles. The number of piperidine rings is 1. The van der Waals surface area contributed by atoms with Crippen LogP contribution < -0.4 is 4.90 Å². The largest absolute Gasteiger partial charge is 0.384 e. The van der Waals surface area contributed by atoms with Gasteiger partial charge < -0.3 is 14.5 Å². The molecule has 0 unspecified atom stereocenters. The van der Waals surface area contributed by atoms with Gasteiger partial charge in [0.15, 0.2) is 0 Å². The molecule has 0 bridgehead atoms. The van der Waals surface area contributed by atoms with Crippen LogP contribution in [0.15, 0.2) is 48.7 Å². The highest BCUT2D eigenvalue weighted by Gasteiger charge is 2.24. The lowest BCUT2D eigenvalue weighted by molar-refractivity contribution is 0.0570. The molecule has 1 atom stereocenters. The molecule has 0 spiro atoms. The number of rotatable bonds is 7. The fraction of sp³-hybridized carbons (Fsp3) is 0.455. The fourth-order valence-electron chi connectivity index (χ4n) is 3.66. The molecule has 1 saturated heterocycles. The van der Waals surface area contributed by atoms with Gasteiger partial charge in [0.1, 0.15) is 5.82 Å². The van der Waals surface area contributed by atoms with Crippen molar-refractivity contribution in [3.05, 3.63) is 59.8 Å². The van der Waals surface area contributed by atoms with Gasteiger partial charge in [0.25, 0.3) is 5.91 Å². The number of methoxy groups -OCH3 is 1. The summed E-state index contributed by atoms with van der Waals surface area (Å²) in [6.45, 7) is 6.08. The van der Waals surface area contributed by atoms with Gasteiger partial charge in [-0.25, -0.2) is 4.98 Å². The van der Waals surface area contributed by atoms with E-state index in [1.165, 1.54) is 5.56 Å². The molecule has 0 radical (unpaired) electrons. The third-order valence-electron chi connectivity index (χ3n) is 5.13. The van der Waals surface area contributed by atoms with Crippen molar-refractivity contribution in [3.63, 3.8) is 0 Å². The number of aromatic nitrogens is 1. The number of nitrogens with zero attached hydrogens (tertiary/aromatic N) is 3. The zero-order chi connectivity index (χ0) is 19.1. The van der Waals surface area contributed by atoms with Crippen molar-refractivity contribution in [1.29, 1.82) is 0 Å². The summed E-state index contributed by atoms with van der Waals surface area (Å²) < 4.78 is 5.26. The number of hydrogen-bond acceptors (Lipinski definition) is 4. The van der Waals surface area contributed by atoms with E-state index < -0.39 is 0 Å². The fourth-order valence-corrected chi connectivity index (χ4v) is 3.66. The monoisotopic (exact) mass is 367 g/mol. The zero-order valence-electron chi connectivity index (χ0n) is 16.3. The van der Waals surface area contributed by atoms with Crippen LogP contribution in [-0.2, 0) is 11.3 Å². The van der Waals surface area contributed by atoms with Crippen molar-refractivity contribution >= 4 is 11.7 Å². The molecule has 0 aliphatic carbocycles. The lowest BCUT2D eigenvalue weighted by Crippen LogP contribution is -2.41. The van der Waals surface area contributed by atoms with Crippen molar-refractivity contribution < 1.29 is 9.53 Å². The number of benzene rings is 1. The minimum absolute atomic E-state index is 0.0703. The van der Waals surface area contributed by atoms with Crippen LogP contribution in [0.3, 0.4) is 0 Å². The number of hydrogen-bond donors (Lipinski definition) is 0. The number of carbonyl (C=O) groups is 1. The Balaban J connectivity index is 1.66. The molecule has 5 nitrogen and oxygen atoms in total. The minimum Gasteiger partial charge on any atom is -0.384 e. The predicted octanol–water partition coefficient (Wildman–Crippen LogP) is 3.61. The van der Waals surface area contributed by atoms with Gasteiger partial charge in [-0.1, -0.05) is 30.3 Å². The molecule has 1 aromatic carbocycles. The molecule has 1 fully saturated rings. The van der Waals surface area contributed by atoms with Crippen molar-refractivity contribution in [1.82, 2.24) is 9.88 Å². The summed E-state index contributed by atoms with van der Waals surface area (Å²) in [7, 11) is 1.72. The second-order valence-electron chi connectivity index (χ2n) is 7.12. The van der Waals surface area contributed by atoms with Crippen molar-refractivity contribution in [3.8, 4) is 0 Å². The maximum Gasteiger partial charge on any atom is 0.255 e. The average Bonchev–Trinajstić information content (AvgIpc) is 2.73. The molecule has 2 heterocycles. The molecule has 27 heavy (non-hydrogen) atoms. The number of carbonyl (C=O) groups excluding carboxylic acids is 1. The van der Waals surface area contributed by atoms with Crippen LogP contribution in [0.5, 0.6) is 0 Å². The molecular weight excluding hydrogens is 338 g/mol.